The van der Waals surface area contributed by atoms with Crippen LogP contribution in [0.3, 0.4) is 0 Å². The van der Waals surface area contributed by atoms with Gasteiger partial charge in [0.15, 0.2) is 11.5 Å². The minimum absolute atomic E-state index is 0.00906. The third-order valence-corrected chi connectivity index (χ3v) is 6.42. The molecule has 11 heteroatoms. The summed E-state index contributed by atoms with van der Waals surface area (Å²) in [5, 5.41) is 0. The minimum atomic E-state index is -1.55. The lowest BCUT2D eigenvalue weighted by molar-refractivity contribution is -0.151. The van der Waals surface area contributed by atoms with Gasteiger partial charge in [-0.05, 0) is 36.0 Å². The Morgan fingerprint density at radius 1 is 0.875 bits per heavy atom. The maximum atomic E-state index is 12.6. The Hall–Kier alpha value is -3.34. The SMILES string of the molecule is CCCCC(=O)OCC[C@@](N)(Cc1ccc(OC(=O)OCC(C)CC)c(OC(=O)OCC(C)CC)c1)C(=O)OC. The molecule has 0 aliphatic carbocycles. The first-order valence-electron chi connectivity index (χ1n) is 13.8. The van der Waals surface area contributed by atoms with Gasteiger partial charge in [-0.1, -0.05) is 59.9 Å². The number of methoxy groups -OCH3 is 1. The maximum Gasteiger partial charge on any atom is 0.513 e. The fourth-order valence-corrected chi connectivity index (χ4v) is 3.29. The molecule has 0 spiro atoms. The fraction of sp³-hybridized carbons (Fsp3) is 0.655. The Labute approximate surface area is 236 Å². The highest BCUT2D eigenvalue weighted by Crippen LogP contribution is 2.31. The first-order valence-corrected chi connectivity index (χ1v) is 13.8. The maximum absolute atomic E-state index is 12.6. The van der Waals surface area contributed by atoms with Gasteiger partial charge in [0.2, 0.25) is 0 Å². The van der Waals surface area contributed by atoms with E-state index in [9.17, 15) is 19.2 Å². The summed E-state index contributed by atoms with van der Waals surface area (Å²) in [5.74, 6) is -1.01. The van der Waals surface area contributed by atoms with Crippen LogP contribution in [0.5, 0.6) is 11.5 Å². The number of benzene rings is 1. The van der Waals surface area contributed by atoms with Crippen molar-refractivity contribution < 1.29 is 47.6 Å². The molecule has 0 fully saturated rings. The average molecular weight is 568 g/mol. The molecule has 226 valence electrons. The molecule has 0 radical (unpaired) electrons. The molecule has 0 heterocycles. The van der Waals surface area contributed by atoms with Crippen LogP contribution in [0, 0.1) is 11.8 Å². The van der Waals surface area contributed by atoms with Crippen molar-refractivity contribution >= 4 is 24.2 Å². The standard InChI is InChI=1S/C29H45NO10/c1-7-10-11-25(31)36-15-14-29(30,26(32)35-6)17-22-12-13-23(39-27(33)37-18-20(4)8-2)24(16-22)40-28(34)38-19-21(5)9-3/h12-13,16,20-21H,7-11,14-15,17-19,30H2,1-6H3/t20?,21?,29-/m1/s1. The smallest absolute Gasteiger partial charge is 0.468 e. The summed E-state index contributed by atoms with van der Waals surface area (Å²) in [5.41, 5.74) is 5.33. The number of rotatable bonds is 17. The predicted molar refractivity (Wildman–Crippen MR) is 147 cm³/mol. The topological polar surface area (TPSA) is 150 Å². The van der Waals surface area contributed by atoms with E-state index in [2.05, 4.69) is 0 Å². The van der Waals surface area contributed by atoms with Gasteiger partial charge in [-0.15, -0.1) is 0 Å². The largest absolute Gasteiger partial charge is 0.513 e. The second kappa shape index (κ2) is 18.1. The first kappa shape index (κ1) is 34.7. The van der Waals surface area contributed by atoms with Gasteiger partial charge in [0.1, 0.15) is 5.54 Å². The van der Waals surface area contributed by atoms with Crippen molar-refractivity contribution in [3.63, 3.8) is 0 Å². The predicted octanol–water partition coefficient (Wildman–Crippen LogP) is 5.35. The molecule has 0 saturated carbocycles. The van der Waals surface area contributed by atoms with Crippen LogP contribution in [0.15, 0.2) is 18.2 Å². The third-order valence-electron chi connectivity index (χ3n) is 6.42. The summed E-state index contributed by atoms with van der Waals surface area (Å²) in [6.07, 6.45) is 1.44. The molecule has 40 heavy (non-hydrogen) atoms. The monoisotopic (exact) mass is 567 g/mol. The molecule has 2 unspecified atom stereocenters. The van der Waals surface area contributed by atoms with Crippen molar-refractivity contribution in [3.8, 4) is 11.5 Å². The van der Waals surface area contributed by atoms with Gasteiger partial charge in [-0.3, -0.25) is 9.59 Å². The summed E-state index contributed by atoms with van der Waals surface area (Å²) in [4.78, 5) is 49.2. The van der Waals surface area contributed by atoms with Crippen LogP contribution in [-0.2, 0) is 35.0 Å². The lowest BCUT2D eigenvalue weighted by Gasteiger charge is -2.26. The molecule has 2 N–H and O–H groups in total. The number of hydrogen-bond acceptors (Lipinski definition) is 11. The van der Waals surface area contributed by atoms with E-state index in [-0.39, 0.29) is 68.4 Å². The number of unbranched alkanes of at least 4 members (excludes halogenated alkanes) is 1. The van der Waals surface area contributed by atoms with Crippen molar-refractivity contribution in [1.29, 1.82) is 0 Å². The summed E-state index contributed by atoms with van der Waals surface area (Å²) in [6, 6.07) is 4.38. The number of esters is 2. The minimum Gasteiger partial charge on any atom is -0.468 e. The first-order chi connectivity index (χ1) is 19.0. The molecular formula is C29H45NO10. The van der Waals surface area contributed by atoms with Crippen molar-refractivity contribution in [2.24, 2.45) is 17.6 Å². The summed E-state index contributed by atoms with van der Waals surface area (Å²) in [7, 11) is 1.21. The van der Waals surface area contributed by atoms with E-state index in [1.807, 2.05) is 34.6 Å². The molecule has 3 atom stereocenters. The van der Waals surface area contributed by atoms with Crippen LogP contribution in [0.1, 0.15) is 78.7 Å². The molecule has 0 amide bonds. The Balaban J connectivity index is 3.13. The van der Waals surface area contributed by atoms with Crippen LogP contribution in [0.25, 0.3) is 0 Å². The van der Waals surface area contributed by atoms with Crippen molar-refractivity contribution in [3.05, 3.63) is 23.8 Å². The highest BCUT2D eigenvalue weighted by Gasteiger charge is 2.36. The van der Waals surface area contributed by atoms with E-state index in [1.165, 1.54) is 19.2 Å². The van der Waals surface area contributed by atoms with Gasteiger partial charge >= 0.3 is 24.2 Å². The zero-order valence-electron chi connectivity index (χ0n) is 24.6. The summed E-state index contributed by atoms with van der Waals surface area (Å²) < 4.78 is 31.1. The lowest BCUT2D eigenvalue weighted by Crippen LogP contribution is -2.51. The third kappa shape index (κ3) is 12.7. The summed E-state index contributed by atoms with van der Waals surface area (Å²) in [6.45, 7) is 9.98. The zero-order valence-corrected chi connectivity index (χ0v) is 24.6. The fourth-order valence-electron chi connectivity index (χ4n) is 3.29. The van der Waals surface area contributed by atoms with Gasteiger partial charge < -0.3 is 34.2 Å². The molecule has 1 aromatic rings. The lowest BCUT2D eigenvalue weighted by atomic mass is 9.88. The van der Waals surface area contributed by atoms with Crippen molar-refractivity contribution in [2.45, 2.75) is 85.1 Å². The molecule has 0 bridgehead atoms. The second-order valence-corrected chi connectivity index (χ2v) is 10.0. The normalized spacial score (nSPS) is 13.8. The van der Waals surface area contributed by atoms with Crippen LogP contribution < -0.4 is 15.2 Å². The molecular weight excluding hydrogens is 522 g/mol. The average Bonchev–Trinajstić information content (AvgIpc) is 2.94. The van der Waals surface area contributed by atoms with Crippen LogP contribution in [0.4, 0.5) is 9.59 Å². The molecule has 0 aliphatic heterocycles. The highest BCUT2D eigenvalue weighted by molar-refractivity contribution is 5.81. The number of carbonyl (C=O) groups is 4. The quantitative estimate of drug-likeness (QED) is 0.147. The van der Waals surface area contributed by atoms with E-state index in [4.69, 9.17) is 34.2 Å². The van der Waals surface area contributed by atoms with E-state index < -0.39 is 23.8 Å². The van der Waals surface area contributed by atoms with E-state index in [1.54, 1.807) is 6.07 Å². The Morgan fingerprint density at radius 2 is 1.45 bits per heavy atom. The zero-order chi connectivity index (χ0) is 30.1. The van der Waals surface area contributed by atoms with Gasteiger partial charge in [0, 0.05) is 19.3 Å². The van der Waals surface area contributed by atoms with Gasteiger partial charge in [0.25, 0.3) is 0 Å². The summed E-state index contributed by atoms with van der Waals surface area (Å²) >= 11 is 0. The van der Waals surface area contributed by atoms with Crippen LogP contribution in [-0.4, -0.2) is 56.7 Å². The molecule has 0 saturated heterocycles. The molecule has 1 aromatic carbocycles. The molecule has 0 aliphatic rings. The Kier molecular flexibility index (Phi) is 15.7. The number of carbonyl (C=O) groups excluding carboxylic acids is 4. The molecule has 0 aromatic heterocycles. The second-order valence-electron chi connectivity index (χ2n) is 10.0. The number of ether oxygens (including phenoxy) is 6. The van der Waals surface area contributed by atoms with Crippen molar-refractivity contribution in [2.75, 3.05) is 26.9 Å². The molecule has 1 rings (SSSR count). The number of hydrogen-bond donors (Lipinski definition) is 1. The highest BCUT2D eigenvalue weighted by atomic mass is 16.7. The van der Waals surface area contributed by atoms with E-state index in [0.717, 1.165) is 19.3 Å². The van der Waals surface area contributed by atoms with Gasteiger partial charge in [-0.2, -0.15) is 0 Å². The van der Waals surface area contributed by atoms with Crippen molar-refractivity contribution in [1.82, 2.24) is 0 Å². The van der Waals surface area contributed by atoms with Gasteiger partial charge in [-0.25, -0.2) is 9.59 Å². The van der Waals surface area contributed by atoms with E-state index >= 15 is 0 Å². The van der Waals surface area contributed by atoms with Crippen LogP contribution in [0.2, 0.25) is 0 Å². The Morgan fingerprint density at radius 3 is 1.98 bits per heavy atom. The van der Waals surface area contributed by atoms with Gasteiger partial charge in [0.05, 0.1) is 26.9 Å². The Bertz CT molecular complexity index is 966. The number of nitrogens with two attached hydrogens (primary N) is 1. The van der Waals surface area contributed by atoms with Crippen LogP contribution >= 0.6 is 0 Å². The molecule has 11 nitrogen and oxygen atoms in total. The van der Waals surface area contributed by atoms with E-state index in [0.29, 0.717) is 12.0 Å².